The molecule has 2 bridgehead atoms. The van der Waals surface area contributed by atoms with E-state index in [0.717, 1.165) is 37.6 Å². The molecule has 3 aliphatic heterocycles. The molecule has 10 nitrogen and oxygen atoms in total. The Balaban J connectivity index is 1.45. The third-order valence-corrected chi connectivity index (χ3v) is 6.64. The minimum Gasteiger partial charge on any atom is -0.382 e. The smallest absolute Gasteiger partial charge is 0.382 e. The molecule has 3 aliphatic rings. The third-order valence-electron chi connectivity index (χ3n) is 6.37. The van der Waals surface area contributed by atoms with Gasteiger partial charge in [-0.15, -0.1) is 0 Å². The van der Waals surface area contributed by atoms with E-state index in [4.69, 9.17) is 28.8 Å². The largest absolute Gasteiger partial charge is 0.433 e. The highest BCUT2D eigenvalue weighted by molar-refractivity contribution is 6.31. The minimum absolute atomic E-state index is 0.0905. The molecule has 182 valence electrons. The fraction of sp³-hybridized carbons (Fsp3) is 0.450. The summed E-state index contributed by atoms with van der Waals surface area (Å²) >= 11 is 5.82. The van der Waals surface area contributed by atoms with Gasteiger partial charge in [-0.2, -0.15) is 13.2 Å². The zero-order valence-electron chi connectivity index (χ0n) is 18.0. The van der Waals surface area contributed by atoms with Crippen LogP contribution < -0.4 is 22.5 Å². The van der Waals surface area contributed by atoms with Crippen LogP contribution in [0.3, 0.4) is 0 Å². The molecule has 5 rings (SSSR count). The molecule has 0 saturated carbocycles. The average molecular weight is 499 g/mol. The maximum atomic E-state index is 12.8. The fourth-order valence-corrected chi connectivity index (χ4v) is 4.81. The second-order valence-corrected chi connectivity index (χ2v) is 9.04. The van der Waals surface area contributed by atoms with E-state index in [9.17, 15) is 18.0 Å². The number of fused-ring (bicyclic) bond motifs is 3. The lowest BCUT2D eigenvalue weighted by molar-refractivity contribution is -0.955. The van der Waals surface area contributed by atoms with Crippen molar-refractivity contribution in [2.45, 2.75) is 31.6 Å². The molecule has 2 aromatic rings. The summed E-state index contributed by atoms with van der Waals surface area (Å²) in [6.45, 7) is 2.98. The lowest BCUT2D eigenvalue weighted by Gasteiger charge is -2.51. The molecule has 1 unspecified atom stereocenters. The number of piperidine rings is 3. The van der Waals surface area contributed by atoms with Crippen LogP contribution in [0.2, 0.25) is 5.15 Å². The zero-order valence-corrected chi connectivity index (χ0v) is 18.8. The highest BCUT2D eigenvalue weighted by Gasteiger charge is 2.46. The van der Waals surface area contributed by atoms with Crippen LogP contribution in [0.15, 0.2) is 23.3 Å². The van der Waals surface area contributed by atoms with Crippen LogP contribution in [-0.2, 0) is 12.7 Å². The summed E-state index contributed by atoms with van der Waals surface area (Å²) in [4.78, 5) is 28.2. The van der Waals surface area contributed by atoms with Crippen molar-refractivity contribution in [3.63, 3.8) is 0 Å². The molecule has 3 fully saturated rings. The van der Waals surface area contributed by atoms with E-state index in [1.165, 1.54) is 12.3 Å². The molecule has 3 saturated heterocycles. The first-order chi connectivity index (χ1) is 16.0. The van der Waals surface area contributed by atoms with Crippen molar-refractivity contribution < 1.29 is 22.4 Å². The van der Waals surface area contributed by atoms with Crippen molar-refractivity contribution in [2.24, 2.45) is 16.6 Å². The van der Waals surface area contributed by atoms with E-state index >= 15 is 0 Å². The fourth-order valence-electron chi connectivity index (χ4n) is 4.69. The predicted octanol–water partition coefficient (Wildman–Crippen LogP) is 1.56. The molecule has 1 atom stereocenters. The van der Waals surface area contributed by atoms with E-state index in [-0.39, 0.29) is 34.5 Å². The lowest BCUT2D eigenvalue weighted by Crippen LogP contribution is -2.63. The number of pyridine rings is 1. The van der Waals surface area contributed by atoms with Crippen molar-refractivity contribution >= 4 is 35.1 Å². The summed E-state index contributed by atoms with van der Waals surface area (Å²) in [6.07, 6.45) is -1.39. The second kappa shape index (κ2) is 8.87. The van der Waals surface area contributed by atoms with Crippen molar-refractivity contribution in [3.8, 4) is 0 Å². The molecule has 0 aromatic carbocycles. The number of carbonyl (C=O) groups is 1. The third kappa shape index (κ3) is 4.99. The number of alkyl halides is 3. The van der Waals surface area contributed by atoms with Crippen LogP contribution in [0, 0.1) is 5.92 Å². The first-order valence-electron chi connectivity index (χ1n) is 10.6. The Hall–Kier alpha value is -3.19. The minimum atomic E-state index is -4.47. The van der Waals surface area contributed by atoms with E-state index in [0.29, 0.717) is 23.5 Å². The number of quaternary nitrogens is 1. The van der Waals surface area contributed by atoms with Crippen molar-refractivity contribution in [2.75, 3.05) is 31.1 Å². The number of aromatic nitrogens is 3. The van der Waals surface area contributed by atoms with E-state index in [1.807, 2.05) is 0 Å². The number of carbonyl (C=O) groups excluding carboxylic acids is 1. The number of nitrogens with one attached hydrogen (secondary N) is 1. The maximum absolute atomic E-state index is 12.8. The number of halogens is 4. The van der Waals surface area contributed by atoms with Gasteiger partial charge >= 0.3 is 6.18 Å². The van der Waals surface area contributed by atoms with Gasteiger partial charge in [-0.25, -0.2) is 15.0 Å². The summed E-state index contributed by atoms with van der Waals surface area (Å²) in [7, 11) is 0. The van der Waals surface area contributed by atoms with Gasteiger partial charge in [0.05, 0.1) is 13.1 Å². The summed E-state index contributed by atoms with van der Waals surface area (Å²) in [5.74, 6) is -0.787. The van der Waals surface area contributed by atoms with Gasteiger partial charge in [0.15, 0.2) is 28.4 Å². The Morgan fingerprint density at radius 2 is 1.91 bits per heavy atom. The molecule has 2 aromatic heterocycles. The highest BCUT2D eigenvalue weighted by atomic mass is 35.5. The van der Waals surface area contributed by atoms with Gasteiger partial charge in [0.25, 0.3) is 5.91 Å². The number of guanidine groups is 1. The van der Waals surface area contributed by atoms with Crippen molar-refractivity contribution in [1.29, 1.82) is 0 Å². The van der Waals surface area contributed by atoms with Crippen LogP contribution >= 0.6 is 11.6 Å². The first kappa shape index (κ1) is 24.0. The van der Waals surface area contributed by atoms with Gasteiger partial charge in [0.1, 0.15) is 24.8 Å². The maximum Gasteiger partial charge on any atom is 0.433 e. The monoisotopic (exact) mass is 498 g/mol. The molecule has 5 heterocycles. The summed E-state index contributed by atoms with van der Waals surface area (Å²) in [6, 6.07) is 2.33. The Kier molecular flexibility index (Phi) is 6.25. The summed E-state index contributed by atoms with van der Waals surface area (Å²) in [5, 5.41) is 2.30. The number of nitrogens with zero attached hydrogens (tertiary/aromatic N) is 5. The van der Waals surface area contributed by atoms with Gasteiger partial charge in [0.2, 0.25) is 0 Å². The van der Waals surface area contributed by atoms with E-state index in [1.54, 1.807) is 0 Å². The molecule has 0 radical (unpaired) electrons. The van der Waals surface area contributed by atoms with Crippen molar-refractivity contribution in [1.82, 2.24) is 20.3 Å². The molecular weight excluding hydrogens is 475 g/mol. The van der Waals surface area contributed by atoms with Gasteiger partial charge < -0.3 is 21.7 Å². The lowest BCUT2D eigenvalue weighted by atomic mass is 9.81. The van der Waals surface area contributed by atoms with Gasteiger partial charge in [-0.05, 0) is 18.1 Å². The SMILES string of the molecule is NC(=NC1C[N+]2(Cc3ccc(C(F)(F)F)nc3)CCC1CC2)NC(=O)c1nc(Cl)c(N)nc1N. The molecule has 0 aliphatic carbocycles. The number of hydrogen-bond donors (Lipinski definition) is 4. The number of nitrogens with two attached hydrogens (primary N) is 3. The van der Waals surface area contributed by atoms with Crippen LogP contribution in [0.5, 0.6) is 0 Å². The Morgan fingerprint density at radius 1 is 1.21 bits per heavy atom. The van der Waals surface area contributed by atoms with E-state index < -0.39 is 17.8 Å². The van der Waals surface area contributed by atoms with Crippen LogP contribution in [0.25, 0.3) is 0 Å². The zero-order chi connectivity index (χ0) is 24.7. The van der Waals surface area contributed by atoms with Crippen LogP contribution in [0.1, 0.15) is 34.6 Å². The van der Waals surface area contributed by atoms with E-state index in [2.05, 4.69) is 25.3 Å². The van der Waals surface area contributed by atoms with Gasteiger partial charge in [-0.3, -0.25) is 15.1 Å². The normalized spacial score (nSPS) is 24.8. The number of amides is 1. The summed E-state index contributed by atoms with van der Waals surface area (Å²) < 4.78 is 39.1. The number of nitrogen functional groups attached to an aromatic ring is 2. The Labute approximate surface area is 198 Å². The topological polar surface area (TPSA) is 158 Å². The number of aliphatic imine (C=N–C) groups is 1. The van der Waals surface area contributed by atoms with Crippen LogP contribution in [0.4, 0.5) is 24.8 Å². The van der Waals surface area contributed by atoms with Gasteiger partial charge in [0, 0.05) is 24.6 Å². The number of rotatable bonds is 4. The number of anilines is 2. The Bertz CT molecular complexity index is 1120. The van der Waals surface area contributed by atoms with Crippen LogP contribution in [-0.4, -0.2) is 57.0 Å². The molecule has 0 spiro atoms. The molecule has 14 heteroatoms. The molecular formula is C20H24ClF3N9O+. The predicted molar refractivity (Wildman–Crippen MR) is 119 cm³/mol. The molecule has 1 amide bonds. The summed E-state index contributed by atoms with van der Waals surface area (Å²) in [5.41, 5.74) is 16.8. The highest BCUT2D eigenvalue weighted by Crippen LogP contribution is 2.37. The Morgan fingerprint density at radius 3 is 2.53 bits per heavy atom. The van der Waals surface area contributed by atoms with Gasteiger partial charge in [-0.1, -0.05) is 11.6 Å². The standard InChI is InChI=1S/C20H23ClF3N9O/c21-15-17(26)31-16(25)14(30-15)18(34)32-19(27)29-12-9-33(5-3-11(12)4-6-33)8-10-1-2-13(28-7-10)20(22,23)24/h1-2,7,11-12H,3-6,8-9H2,(H6-,25,26,27,29,31,32,34)/p+1. The molecule has 7 N–H and O–H groups in total. The average Bonchev–Trinajstić information content (AvgIpc) is 2.76. The first-order valence-corrected chi connectivity index (χ1v) is 10.9. The molecule has 34 heavy (non-hydrogen) atoms. The number of hydrogen-bond acceptors (Lipinski definition) is 7. The van der Waals surface area contributed by atoms with Crippen molar-refractivity contribution in [3.05, 3.63) is 40.4 Å². The quantitative estimate of drug-likeness (QED) is 0.283. The second-order valence-electron chi connectivity index (χ2n) is 8.69.